The Morgan fingerprint density at radius 2 is 1.18 bits per heavy atom. The van der Waals surface area contributed by atoms with Crippen molar-refractivity contribution in [1.82, 2.24) is 0 Å². The molecular weight excluding hydrogens is 272 g/mol. The molecule has 0 saturated heterocycles. The number of esters is 1. The predicted octanol–water partition coefficient (Wildman–Crippen LogP) is 6.59. The van der Waals surface area contributed by atoms with Gasteiger partial charge in [-0.1, -0.05) is 83.3 Å². The van der Waals surface area contributed by atoms with E-state index in [9.17, 15) is 4.79 Å². The lowest BCUT2D eigenvalue weighted by atomic mass is 10.0. The van der Waals surface area contributed by atoms with E-state index in [-0.39, 0.29) is 5.97 Å². The van der Waals surface area contributed by atoms with Crippen LogP contribution in [0.5, 0.6) is 0 Å². The van der Waals surface area contributed by atoms with E-state index in [1.54, 1.807) is 0 Å². The Kier molecular flexibility index (Phi) is 17.6. The Hall–Kier alpha value is -0.790. The van der Waals surface area contributed by atoms with Gasteiger partial charge in [0, 0.05) is 6.92 Å². The Morgan fingerprint density at radius 1 is 0.727 bits per heavy atom. The molecule has 0 aliphatic carbocycles. The van der Waals surface area contributed by atoms with Gasteiger partial charge in [0.25, 0.3) is 0 Å². The predicted molar refractivity (Wildman–Crippen MR) is 96.1 cm³/mol. The van der Waals surface area contributed by atoms with Crippen LogP contribution in [0.25, 0.3) is 0 Å². The highest BCUT2D eigenvalue weighted by molar-refractivity contribution is 5.65. The van der Waals surface area contributed by atoms with Crippen LogP contribution in [-0.4, -0.2) is 12.6 Å². The molecular formula is C20H38O2. The first-order valence-electron chi connectivity index (χ1n) is 9.55. The highest BCUT2D eigenvalue weighted by Gasteiger charge is 1.95. The molecule has 0 aromatic carbocycles. The fourth-order valence-corrected chi connectivity index (χ4v) is 2.63. The quantitative estimate of drug-likeness (QED) is 0.183. The third-order valence-electron chi connectivity index (χ3n) is 3.97. The van der Waals surface area contributed by atoms with Crippen LogP contribution in [0.2, 0.25) is 0 Å². The van der Waals surface area contributed by atoms with Gasteiger partial charge in [0.05, 0.1) is 6.61 Å². The van der Waals surface area contributed by atoms with Crippen molar-refractivity contribution in [2.45, 2.75) is 104 Å². The minimum atomic E-state index is -0.155. The standard InChI is InChI=1S/C20H38O2/c1-3-4-5-6-7-8-9-10-11-12-13-14-15-16-17-18-19-22-20(2)21/h4-5H,3,6-19H2,1-2H3. The summed E-state index contributed by atoms with van der Waals surface area (Å²) in [6.07, 6.45) is 23.1. The van der Waals surface area contributed by atoms with Gasteiger partial charge in [-0.3, -0.25) is 4.79 Å². The van der Waals surface area contributed by atoms with Crippen LogP contribution in [0.15, 0.2) is 12.2 Å². The number of carbonyl (C=O) groups is 1. The zero-order valence-corrected chi connectivity index (χ0v) is 15.1. The van der Waals surface area contributed by atoms with Gasteiger partial charge >= 0.3 is 5.97 Å². The average molecular weight is 311 g/mol. The van der Waals surface area contributed by atoms with Crippen LogP contribution in [0.4, 0.5) is 0 Å². The molecule has 130 valence electrons. The minimum Gasteiger partial charge on any atom is -0.466 e. The fraction of sp³-hybridized carbons (Fsp3) is 0.850. The summed E-state index contributed by atoms with van der Waals surface area (Å²) in [5.74, 6) is -0.155. The van der Waals surface area contributed by atoms with E-state index in [2.05, 4.69) is 19.1 Å². The van der Waals surface area contributed by atoms with Crippen LogP contribution in [0.1, 0.15) is 104 Å². The van der Waals surface area contributed by atoms with Gasteiger partial charge in [-0.25, -0.2) is 0 Å². The number of hydrogen-bond acceptors (Lipinski definition) is 2. The molecule has 0 heterocycles. The second-order valence-electron chi connectivity index (χ2n) is 6.25. The number of hydrogen-bond donors (Lipinski definition) is 0. The molecule has 0 aromatic rings. The summed E-state index contributed by atoms with van der Waals surface area (Å²) in [5.41, 5.74) is 0. The molecule has 0 aliphatic heterocycles. The zero-order chi connectivity index (χ0) is 16.3. The van der Waals surface area contributed by atoms with E-state index in [1.807, 2.05) is 0 Å². The highest BCUT2D eigenvalue weighted by atomic mass is 16.5. The first-order valence-corrected chi connectivity index (χ1v) is 9.55. The Balaban J connectivity index is 2.99. The minimum absolute atomic E-state index is 0.155. The van der Waals surface area contributed by atoms with Gasteiger partial charge < -0.3 is 4.74 Å². The van der Waals surface area contributed by atoms with Crippen molar-refractivity contribution in [3.63, 3.8) is 0 Å². The molecule has 2 heteroatoms. The molecule has 0 atom stereocenters. The van der Waals surface area contributed by atoms with Crippen LogP contribution in [0, 0.1) is 0 Å². The molecule has 0 bridgehead atoms. The van der Waals surface area contributed by atoms with E-state index in [0.717, 1.165) is 6.42 Å². The number of unbranched alkanes of at least 4 members (excludes halogenated alkanes) is 12. The van der Waals surface area contributed by atoms with E-state index in [4.69, 9.17) is 4.74 Å². The molecule has 0 radical (unpaired) electrons. The van der Waals surface area contributed by atoms with Crippen LogP contribution in [0.3, 0.4) is 0 Å². The number of ether oxygens (including phenoxy) is 1. The average Bonchev–Trinajstić information content (AvgIpc) is 2.50. The van der Waals surface area contributed by atoms with Crippen LogP contribution < -0.4 is 0 Å². The Bertz CT molecular complexity index is 258. The molecule has 0 saturated carbocycles. The summed E-state index contributed by atoms with van der Waals surface area (Å²) in [6, 6.07) is 0. The first-order chi connectivity index (χ1) is 10.8. The second-order valence-corrected chi connectivity index (χ2v) is 6.25. The fourth-order valence-electron chi connectivity index (χ4n) is 2.63. The van der Waals surface area contributed by atoms with Gasteiger partial charge in [-0.15, -0.1) is 0 Å². The SMILES string of the molecule is CCC=CCCCCCCCCCCCCCCOC(C)=O. The van der Waals surface area contributed by atoms with Gasteiger partial charge in [0.1, 0.15) is 0 Å². The molecule has 0 amide bonds. The van der Waals surface area contributed by atoms with E-state index in [1.165, 1.54) is 90.4 Å². The monoisotopic (exact) mass is 310 g/mol. The molecule has 0 fully saturated rings. The van der Waals surface area contributed by atoms with Crippen molar-refractivity contribution in [3.05, 3.63) is 12.2 Å². The topological polar surface area (TPSA) is 26.3 Å². The summed E-state index contributed by atoms with van der Waals surface area (Å²) in [4.78, 5) is 10.6. The van der Waals surface area contributed by atoms with Gasteiger partial charge in [-0.2, -0.15) is 0 Å². The lowest BCUT2D eigenvalue weighted by molar-refractivity contribution is -0.141. The maximum Gasteiger partial charge on any atom is 0.302 e. The summed E-state index contributed by atoms with van der Waals surface area (Å²) in [7, 11) is 0. The van der Waals surface area contributed by atoms with Crippen molar-refractivity contribution < 1.29 is 9.53 Å². The molecule has 0 aliphatic rings. The van der Waals surface area contributed by atoms with Crippen molar-refractivity contribution in [2.75, 3.05) is 6.61 Å². The van der Waals surface area contributed by atoms with Crippen molar-refractivity contribution in [3.8, 4) is 0 Å². The Labute approximate surface area is 138 Å². The largest absolute Gasteiger partial charge is 0.466 e. The van der Waals surface area contributed by atoms with Gasteiger partial charge in [0.2, 0.25) is 0 Å². The third-order valence-corrected chi connectivity index (χ3v) is 3.97. The summed E-state index contributed by atoms with van der Waals surface area (Å²) in [5, 5.41) is 0. The number of allylic oxidation sites excluding steroid dienone is 2. The van der Waals surface area contributed by atoms with Gasteiger partial charge in [0.15, 0.2) is 0 Å². The van der Waals surface area contributed by atoms with Gasteiger partial charge in [-0.05, 0) is 25.7 Å². The van der Waals surface area contributed by atoms with Crippen molar-refractivity contribution in [2.24, 2.45) is 0 Å². The number of rotatable bonds is 16. The summed E-state index contributed by atoms with van der Waals surface area (Å²) in [6.45, 7) is 4.27. The van der Waals surface area contributed by atoms with E-state index < -0.39 is 0 Å². The second kappa shape index (κ2) is 18.3. The van der Waals surface area contributed by atoms with E-state index in [0.29, 0.717) is 6.61 Å². The van der Waals surface area contributed by atoms with E-state index >= 15 is 0 Å². The number of carbonyl (C=O) groups excluding carboxylic acids is 1. The van der Waals surface area contributed by atoms with Crippen LogP contribution >= 0.6 is 0 Å². The highest BCUT2D eigenvalue weighted by Crippen LogP contribution is 2.12. The maximum atomic E-state index is 10.6. The van der Waals surface area contributed by atoms with Crippen molar-refractivity contribution >= 4 is 5.97 Å². The lowest BCUT2D eigenvalue weighted by Crippen LogP contribution is -2.00. The Morgan fingerprint density at radius 3 is 1.64 bits per heavy atom. The molecule has 0 unspecified atom stereocenters. The normalized spacial score (nSPS) is 11.2. The lowest BCUT2D eigenvalue weighted by Gasteiger charge is -2.03. The maximum absolute atomic E-state index is 10.6. The van der Waals surface area contributed by atoms with Crippen molar-refractivity contribution in [1.29, 1.82) is 0 Å². The molecule has 2 nitrogen and oxygen atoms in total. The molecule has 0 spiro atoms. The third kappa shape index (κ3) is 19.2. The summed E-state index contributed by atoms with van der Waals surface area (Å²) >= 11 is 0. The van der Waals surface area contributed by atoms with Crippen LogP contribution in [-0.2, 0) is 9.53 Å². The smallest absolute Gasteiger partial charge is 0.302 e. The molecule has 22 heavy (non-hydrogen) atoms. The first kappa shape index (κ1) is 21.2. The molecule has 0 aromatic heterocycles. The molecule has 0 N–H and O–H groups in total. The zero-order valence-electron chi connectivity index (χ0n) is 15.1. The summed E-state index contributed by atoms with van der Waals surface area (Å²) < 4.78 is 4.92. The molecule has 0 rings (SSSR count).